The Hall–Kier alpha value is -0.955. The number of methoxy groups -OCH3 is 1. The van der Waals surface area contributed by atoms with Crippen LogP contribution in [-0.2, 0) is 0 Å². The smallest absolute Gasteiger partial charge is 0.152 e. The van der Waals surface area contributed by atoms with E-state index in [1.165, 1.54) is 14.9 Å². The van der Waals surface area contributed by atoms with E-state index in [4.69, 9.17) is 4.74 Å². The summed E-state index contributed by atoms with van der Waals surface area (Å²) in [7, 11) is 3.82. The van der Waals surface area contributed by atoms with Crippen LogP contribution in [0.1, 0.15) is 0 Å². The molecule has 2 rings (SSSR count). The molecule has 0 spiro atoms. The number of benzene rings is 1. The minimum absolute atomic E-state index is 0.931. The van der Waals surface area contributed by atoms with Crippen LogP contribution >= 0.6 is 11.3 Å². The van der Waals surface area contributed by atoms with Crippen LogP contribution < -0.4 is 9.51 Å². The molecule has 0 N–H and O–H groups in total. The maximum absolute atomic E-state index is 5.14. The molecule has 3 heteroatoms. The number of ether oxygens (including phenoxy) is 1. The second kappa shape index (κ2) is 2.83. The summed E-state index contributed by atoms with van der Waals surface area (Å²) in [5, 5.41) is 1.27. The minimum Gasteiger partial charge on any atom is -0.497 e. The van der Waals surface area contributed by atoms with Crippen LogP contribution in [-0.4, -0.2) is 15.0 Å². The summed E-state index contributed by atoms with van der Waals surface area (Å²) < 4.78 is 7.81. The van der Waals surface area contributed by atoms with Crippen molar-refractivity contribution in [1.29, 1.82) is 0 Å². The van der Waals surface area contributed by atoms with Gasteiger partial charge in [0.1, 0.15) is 5.75 Å². The van der Waals surface area contributed by atoms with E-state index in [0.717, 1.165) is 5.75 Å². The predicted octanol–water partition coefficient (Wildman–Crippen LogP) is 1.17. The Labute approximate surface area is 76.4 Å². The Morgan fingerprint density at radius 2 is 2.17 bits per heavy atom. The van der Waals surface area contributed by atoms with E-state index in [2.05, 4.69) is 26.0 Å². The lowest BCUT2D eigenvalue weighted by molar-refractivity contribution is 0.415. The molecular weight excluding hydrogens is 167 g/mol. The molecule has 1 aromatic carbocycles. The van der Waals surface area contributed by atoms with Gasteiger partial charge < -0.3 is 4.74 Å². The molecule has 0 bridgehead atoms. The van der Waals surface area contributed by atoms with Gasteiger partial charge in [-0.25, -0.2) is 0 Å². The van der Waals surface area contributed by atoms with E-state index >= 15 is 0 Å². The molecule has 0 unspecified atom stereocenters. The molecule has 0 fully saturated rings. The summed E-state index contributed by atoms with van der Waals surface area (Å²) in [6, 6.07) is 8.35. The fourth-order valence-electron chi connectivity index (χ4n) is 1.28. The van der Waals surface area contributed by atoms with Crippen molar-refractivity contribution in [3.8, 4) is 5.75 Å². The monoisotopic (exact) mass is 176 g/mol. The van der Waals surface area contributed by atoms with Gasteiger partial charge in [0.25, 0.3) is 0 Å². The summed E-state index contributed by atoms with van der Waals surface area (Å²) in [6.07, 6.45) is 0. The van der Waals surface area contributed by atoms with Gasteiger partial charge in [0.05, 0.1) is 7.11 Å². The Kier molecular flexibility index (Phi) is 1.81. The van der Waals surface area contributed by atoms with Crippen molar-refractivity contribution in [2.24, 2.45) is 0 Å². The number of hydrogen-bond donors (Lipinski definition) is 0. The maximum atomic E-state index is 5.14. The maximum Gasteiger partial charge on any atom is 0.152 e. The molecule has 1 heterocycles. The quantitative estimate of drug-likeness (QED) is 0.592. The van der Waals surface area contributed by atoms with Crippen LogP contribution in [0.2, 0.25) is 0 Å². The van der Waals surface area contributed by atoms with Gasteiger partial charge in [0.15, 0.2) is 7.85 Å². The molecule has 1 nitrogen and oxygen atoms in total. The molecule has 0 saturated carbocycles. The van der Waals surface area contributed by atoms with Gasteiger partial charge in [-0.05, 0) is 28.4 Å². The SMILES string of the molecule is Bc1cc2cc(OC)ccc2s1. The van der Waals surface area contributed by atoms with Crippen LogP contribution in [0.4, 0.5) is 0 Å². The molecule has 60 valence electrons. The lowest BCUT2D eigenvalue weighted by Crippen LogP contribution is -1.88. The van der Waals surface area contributed by atoms with Gasteiger partial charge in [-0.2, -0.15) is 11.3 Å². The number of fused-ring (bicyclic) bond motifs is 1. The first-order chi connectivity index (χ1) is 5.79. The average Bonchev–Trinajstić information content (AvgIpc) is 2.43. The molecule has 2 aromatic rings. The first kappa shape index (κ1) is 7.68. The highest BCUT2D eigenvalue weighted by Gasteiger charge is 1.98. The first-order valence-electron chi connectivity index (χ1n) is 3.84. The molecule has 0 aliphatic rings. The first-order valence-corrected chi connectivity index (χ1v) is 4.65. The van der Waals surface area contributed by atoms with Gasteiger partial charge in [-0.1, -0.05) is 6.07 Å². The lowest BCUT2D eigenvalue weighted by Gasteiger charge is -1.97. The van der Waals surface area contributed by atoms with Crippen LogP contribution in [0.25, 0.3) is 10.1 Å². The standard InChI is InChI=1S/C9H9BOS/c1-11-7-2-3-8-6(4-7)5-9(10)12-8/h2-5H,10H2,1H3. The zero-order chi connectivity index (χ0) is 8.55. The highest BCUT2D eigenvalue weighted by atomic mass is 32.1. The second-order valence-corrected chi connectivity index (χ2v) is 4.05. The van der Waals surface area contributed by atoms with Gasteiger partial charge in [0, 0.05) is 4.70 Å². The van der Waals surface area contributed by atoms with Crippen molar-refractivity contribution in [3.05, 3.63) is 24.3 Å². The van der Waals surface area contributed by atoms with Gasteiger partial charge >= 0.3 is 0 Å². The summed E-state index contributed by atoms with van der Waals surface area (Å²) in [4.78, 5) is 0. The van der Waals surface area contributed by atoms with E-state index in [0.29, 0.717) is 0 Å². The van der Waals surface area contributed by atoms with Gasteiger partial charge in [-0.15, -0.1) is 0 Å². The molecule has 0 aliphatic heterocycles. The van der Waals surface area contributed by atoms with E-state index in [1.54, 1.807) is 7.11 Å². The molecule has 0 saturated heterocycles. The molecule has 0 amide bonds. The number of hydrogen-bond acceptors (Lipinski definition) is 2. The molecule has 12 heavy (non-hydrogen) atoms. The van der Waals surface area contributed by atoms with Crippen molar-refractivity contribution in [3.63, 3.8) is 0 Å². The largest absolute Gasteiger partial charge is 0.497 e. The number of rotatable bonds is 1. The van der Waals surface area contributed by atoms with Crippen molar-refractivity contribution in [1.82, 2.24) is 0 Å². The third-order valence-corrected chi connectivity index (χ3v) is 2.88. The number of thiophene rings is 1. The molecule has 0 atom stereocenters. The van der Waals surface area contributed by atoms with E-state index < -0.39 is 0 Å². The minimum atomic E-state index is 0.931. The van der Waals surface area contributed by atoms with Crippen molar-refractivity contribution >= 4 is 34.0 Å². The van der Waals surface area contributed by atoms with Crippen molar-refractivity contribution in [2.75, 3.05) is 7.11 Å². The third-order valence-electron chi connectivity index (χ3n) is 1.85. The van der Waals surface area contributed by atoms with E-state index in [1.807, 2.05) is 17.4 Å². The Morgan fingerprint density at radius 1 is 1.33 bits per heavy atom. The van der Waals surface area contributed by atoms with Crippen molar-refractivity contribution in [2.45, 2.75) is 0 Å². The average molecular weight is 176 g/mol. The summed E-state index contributed by atoms with van der Waals surface area (Å²) >= 11 is 1.82. The molecular formula is C9H9BOS. The van der Waals surface area contributed by atoms with Gasteiger partial charge in [-0.3, -0.25) is 0 Å². The van der Waals surface area contributed by atoms with Gasteiger partial charge in [0.2, 0.25) is 0 Å². The summed E-state index contributed by atoms with van der Waals surface area (Å²) in [5.74, 6) is 0.931. The van der Waals surface area contributed by atoms with Crippen molar-refractivity contribution < 1.29 is 4.74 Å². The fraction of sp³-hybridized carbons (Fsp3) is 0.111. The Balaban J connectivity index is 2.66. The second-order valence-electron chi connectivity index (χ2n) is 2.76. The molecule has 1 aromatic heterocycles. The lowest BCUT2D eigenvalue weighted by atomic mass is 10.1. The Morgan fingerprint density at radius 3 is 2.92 bits per heavy atom. The zero-order valence-electron chi connectivity index (χ0n) is 7.13. The van der Waals surface area contributed by atoms with Crippen LogP contribution in [0, 0.1) is 0 Å². The highest BCUT2D eigenvalue weighted by molar-refractivity contribution is 7.26. The van der Waals surface area contributed by atoms with E-state index in [-0.39, 0.29) is 0 Å². The Bertz CT molecular complexity index is 408. The van der Waals surface area contributed by atoms with E-state index in [9.17, 15) is 0 Å². The topological polar surface area (TPSA) is 9.23 Å². The summed E-state index contributed by atoms with van der Waals surface area (Å²) in [5.41, 5.74) is 0. The third kappa shape index (κ3) is 1.20. The fourth-order valence-corrected chi connectivity index (χ4v) is 2.19. The normalized spacial score (nSPS) is 10.4. The summed E-state index contributed by atoms with van der Waals surface area (Å²) in [6.45, 7) is 0. The van der Waals surface area contributed by atoms with Crippen LogP contribution in [0.15, 0.2) is 24.3 Å². The predicted molar refractivity (Wildman–Crippen MR) is 56.6 cm³/mol. The van der Waals surface area contributed by atoms with Crippen LogP contribution in [0.3, 0.4) is 0 Å². The van der Waals surface area contributed by atoms with Crippen LogP contribution in [0.5, 0.6) is 5.75 Å². The molecule has 0 aliphatic carbocycles. The zero-order valence-corrected chi connectivity index (χ0v) is 7.94. The highest BCUT2D eigenvalue weighted by Crippen LogP contribution is 2.23. The molecule has 0 radical (unpaired) electrons.